The Balaban J connectivity index is 1.99. The fraction of sp³-hybridized carbons (Fsp3) is 0.208. The van der Waals surface area contributed by atoms with E-state index >= 15 is 0 Å². The van der Waals surface area contributed by atoms with Crippen molar-refractivity contribution in [1.29, 1.82) is 0 Å². The molecule has 34 heavy (non-hydrogen) atoms. The van der Waals surface area contributed by atoms with Gasteiger partial charge < -0.3 is 10.1 Å². The largest absolute Gasteiger partial charge is 0.495 e. The third kappa shape index (κ3) is 5.69. The second-order valence-corrected chi connectivity index (χ2v) is 9.46. The van der Waals surface area contributed by atoms with Gasteiger partial charge in [-0.1, -0.05) is 29.8 Å². The van der Waals surface area contributed by atoms with Crippen LogP contribution in [0.2, 0.25) is 0 Å². The minimum absolute atomic E-state index is 0.0981. The van der Waals surface area contributed by atoms with Gasteiger partial charge in [-0.15, -0.1) is 0 Å². The second-order valence-electron chi connectivity index (χ2n) is 7.63. The number of methoxy groups -OCH3 is 1. The summed E-state index contributed by atoms with van der Waals surface area (Å²) >= 11 is 0. The minimum atomic E-state index is -4.58. The molecule has 3 rings (SSSR count). The Morgan fingerprint density at radius 3 is 2.24 bits per heavy atom. The van der Waals surface area contributed by atoms with Crippen molar-refractivity contribution in [3.8, 4) is 5.75 Å². The molecule has 6 nitrogen and oxygen atoms in total. The van der Waals surface area contributed by atoms with Crippen LogP contribution < -0.4 is 14.4 Å². The summed E-state index contributed by atoms with van der Waals surface area (Å²) < 4.78 is 72.4. The Morgan fingerprint density at radius 1 is 0.971 bits per heavy atom. The number of sulfonamides is 1. The molecule has 0 radical (unpaired) electrons. The van der Waals surface area contributed by atoms with Gasteiger partial charge in [-0.25, -0.2) is 8.42 Å². The molecule has 3 aromatic carbocycles. The highest BCUT2D eigenvalue weighted by molar-refractivity contribution is 7.93. The molecule has 0 saturated carbocycles. The molecule has 3 aromatic rings. The number of carbonyl (C=O) groups excluding carboxylic acids is 1. The first kappa shape index (κ1) is 25.1. The molecule has 0 atom stereocenters. The Morgan fingerprint density at radius 2 is 1.62 bits per heavy atom. The van der Waals surface area contributed by atoms with Crippen molar-refractivity contribution >= 4 is 27.3 Å². The van der Waals surface area contributed by atoms with Crippen molar-refractivity contribution in [3.05, 3.63) is 83.4 Å². The van der Waals surface area contributed by atoms with E-state index in [1.165, 1.54) is 25.3 Å². The normalized spacial score (nSPS) is 11.7. The van der Waals surface area contributed by atoms with E-state index in [0.717, 1.165) is 28.1 Å². The number of nitrogens with one attached hydrogen (secondary N) is 1. The van der Waals surface area contributed by atoms with Crippen LogP contribution in [-0.4, -0.2) is 28.0 Å². The summed E-state index contributed by atoms with van der Waals surface area (Å²) in [5.74, 6) is -0.712. The number of rotatable bonds is 7. The lowest BCUT2D eigenvalue weighted by atomic mass is 10.2. The number of anilines is 2. The molecule has 0 heterocycles. The summed E-state index contributed by atoms with van der Waals surface area (Å²) in [5, 5.41) is 2.35. The van der Waals surface area contributed by atoms with Crippen molar-refractivity contribution in [2.45, 2.75) is 24.9 Å². The zero-order valence-electron chi connectivity index (χ0n) is 18.7. The van der Waals surface area contributed by atoms with Gasteiger partial charge in [0.2, 0.25) is 5.91 Å². The summed E-state index contributed by atoms with van der Waals surface area (Å²) in [6.07, 6.45) is -4.58. The molecule has 0 aromatic heterocycles. The van der Waals surface area contributed by atoms with Gasteiger partial charge in [-0.05, 0) is 61.9 Å². The average Bonchev–Trinajstić information content (AvgIpc) is 2.77. The first-order valence-electron chi connectivity index (χ1n) is 10.1. The van der Waals surface area contributed by atoms with E-state index in [4.69, 9.17) is 4.74 Å². The number of amides is 1. The molecular formula is C24H23F3N2O4S. The van der Waals surface area contributed by atoms with Gasteiger partial charge in [0.1, 0.15) is 17.2 Å². The van der Waals surface area contributed by atoms with Crippen LogP contribution in [0.1, 0.15) is 16.7 Å². The number of nitrogens with zero attached hydrogens (tertiary/aromatic N) is 1. The molecule has 0 unspecified atom stereocenters. The average molecular weight is 493 g/mol. The van der Waals surface area contributed by atoms with E-state index < -0.39 is 34.2 Å². The van der Waals surface area contributed by atoms with Crippen LogP contribution in [0.15, 0.2) is 71.6 Å². The maximum absolute atomic E-state index is 13.6. The van der Waals surface area contributed by atoms with Crippen molar-refractivity contribution in [1.82, 2.24) is 0 Å². The highest BCUT2D eigenvalue weighted by Crippen LogP contribution is 2.32. The standard InChI is InChI=1S/C24H23F3N2O4S/c1-16-7-10-20(11-8-16)29(34(31,32)22-13-17(2)9-12-21(22)33-3)15-23(30)28-19-6-4-5-18(14-19)24(25,26)27/h4-14H,15H2,1-3H3,(H,28,30). The lowest BCUT2D eigenvalue weighted by Crippen LogP contribution is -2.38. The number of alkyl halides is 3. The van der Waals surface area contributed by atoms with Crippen LogP contribution in [0.3, 0.4) is 0 Å². The fourth-order valence-corrected chi connectivity index (χ4v) is 4.90. The number of carbonyl (C=O) groups is 1. The van der Waals surface area contributed by atoms with Gasteiger partial charge in [0.05, 0.1) is 18.4 Å². The number of hydrogen-bond acceptors (Lipinski definition) is 4. The van der Waals surface area contributed by atoms with Crippen molar-refractivity contribution < 1.29 is 31.1 Å². The SMILES string of the molecule is COc1ccc(C)cc1S(=O)(=O)N(CC(=O)Nc1cccc(C(F)(F)F)c1)c1ccc(C)cc1. The summed E-state index contributed by atoms with van der Waals surface area (Å²) in [4.78, 5) is 12.7. The Bertz CT molecular complexity index is 1290. The molecule has 1 amide bonds. The van der Waals surface area contributed by atoms with E-state index in [9.17, 15) is 26.4 Å². The maximum Gasteiger partial charge on any atom is 0.416 e. The van der Waals surface area contributed by atoms with Gasteiger partial charge in [0, 0.05) is 5.69 Å². The van der Waals surface area contributed by atoms with Crippen LogP contribution in [-0.2, 0) is 21.0 Å². The van der Waals surface area contributed by atoms with Crippen molar-refractivity contribution in [2.75, 3.05) is 23.3 Å². The highest BCUT2D eigenvalue weighted by Gasteiger charge is 2.32. The van der Waals surface area contributed by atoms with Crippen LogP contribution in [0.25, 0.3) is 0 Å². The quantitative estimate of drug-likeness (QED) is 0.494. The smallest absolute Gasteiger partial charge is 0.416 e. The molecule has 0 saturated heterocycles. The lowest BCUT2D eigenvalue weighted by molar-refractivity contribution is -0.137. The van der Waals surface area contributed by atoms with E-state index in [0.29, 0.717) is 5.56 Å². The molecule has 10 heteroatoms. The van der Waals surface area contributed by atoms with Crippen molar-refractivity contribution in [3.63, 3.8) is 0 Å². The third-order valence-electron chi connectivity index (χ3n) is 4.97. The summed E-state index contributed by atoms with van der Waals surface area (Å²) in [6, 6.07) is 15.2. The number of benzene rings is 3. The lowest BCUT2D eigenvalue weighted by Gasteiger charge is -2.25. The molecule has 180 valence electrons. The molecule has 1 N–H and O–H groups in total. The zero-order valence-corrected chi connectivity index (χ0v) is 19.5. The van der Waals surface area contributed by atoms with Gasteiger partial charge in [0.25, 0.3) is 10.0 Å². The Labute approximate surface area is 196 Å². The first-order valence-corrected chi connectivity index (χ1v) is 11.6. The van der Waals surface area contributed by atoms with E-state index in [1.807, 2.05) is 6.92 Å². The third-order valence-corrected chi connectivity index (χ3v) is 6.77. The van der Waals surface area contributed by atoms with Crippen LogP contribution >= 0.6 is 0 Å². The minimum Gasteiger partial charge on any atom is -0.495 e. The molecule has 0 spiro atoms. The summed E-state index contributed by atoms with van der Waals surface area (Å²) in [7, 11) is -2.95. The number of halogens is 3. The van der Waals surface area contributed by atoms with E-state index in [-0.39, 0.29) is 22.0 Å². The maximum atomic E-state index is 13.6. The Hall–Kier alpha value is -3.53. The predicted octanol–water partition coefficient (Wildman–Crippen LogP) is 5.16. The zero-order chi connectivity index (χ0) is 25.1. The fourth-order valence-electron chi connectivity index (χ4n) is 3.23. The molecule has 0 bridgehead atoms. The molecule has 0 aliphatic rings. The van der Waals surface area contributed by atoms with Crippen LogP contribution in [0.5, 0.6) is 5.75 Å². The van der Waals surface area contributed by atoms with Gasteiger partial charge >= 0.3 is 6.18 Å². The van der Waals surface area contributed by atoms with E-state index in [2.05, 4.69) is 5.32 Å². The summed E-state index contributed by atoms with van der Waals surface area (Å²) in [6.45, 7) is 2.88. The topological polar surface area (TPSA) is 75.7 Å². The summed E-state index contributed by atoms with van der Waals surface area (Å²) in [5.41, 5.74) is 0.722. The molecule has 0 aliphatic carbocycles. The van der Waals surface area contributed by atoms with Crippen molar-refractivity contribution in [2.24, 2.45) is 0 Å². The predicted molar refractivity (Wildman–Crippen MR) is 124 cm³/mol. The highest BCUT2D eigenvalue weighted by atomic mass is 32.2. The first-order chi connectivity index (χ1) is 15.9. The van der Waals surface area contributed by atoms with Gasteiger partial charge in [0.15, 0.2) is 0 Å². The molecular weight excluding hydrogens is 469 g/mol. The van der Waals surface area contributed by atoms with Gasteiger partial charge in [-0.3, -0.25) is 9.10 Å². The monoisotopic (exact) mass is 492 g/mol. The number of ether oxygens (including phenoxy) is 1. The Kier molecular flexibility index (Phi) is 7.21. The van der Waals surface area contributed by atoms with E-state index in [1.54, 1.807) is 37.3 Å². The second kappa shape index (κ2) is 9.76. The molecule has 0 fully saturated rings. The number of hydrogen-bond donors (Lipinski definition) is 1. The van der Waals surface area contributed by atoms with Crippen LogP contribution in [0, 0.1) is 13.8 Å². The molecule has 0 aliphatic heterocycles. The van der Waals surface area contributed by atoms with Crippen LogP contribution in [0.4, 0.5) is 24.5 Å². The van der Waals surface area contributed by atoms with Gasteiger partial charge in [-0.2, -0.15) is 13.2 Å². The number of aryl methyl sites for hydroxylation is 2.